The maximum atomic E-state index is 12.1. The topological polar surface area (TPSA) is 65.9 Å². The zero-order chi connectivity index (χ0) is 18.6. The van der Waals surface area contributed by atoms with Crippen molar-refractivity contribution in [1.82, 2.24) is 9.88 Å². The minimum Gasteiger partial charge on any atom is -0.499 e. The molecular weight excluding hydrogens is 338 g/mol. The molecule has 0 saturated carbocycles. The van der Waals surface area contributed by atoms with Crippen LogP contribution in [0, 0.1) is 5.92 Å². The van der Waals surface area contributed by atoms with Crippen molar-refractivity contribution >= 4 is 24.4 Å². The van der Waals surface area contributed by atoms with Crippen LogP contribution in [0.2, 0.25) is 0 Å². The molecule has 0 amide bonds. The predicted molar refractivity (Wildman–Crippen MR) is 87.5 cm³/mol. The van der Waals surface area contributed by atoms with Crippen molar-refractivity contribution in [3.05, 3.63) is 18.3 Å². The normalized spacial score (nSPS) is 16.2. The Morgan fingerprint density at radius 1 is 1.32 bits per heavy atom. The van der Waals surface area contributed by atoms with E-state index in [-0.39, 0.29) is 5.46 Å². The van der Waals surface area contributed by atoms with Crippen LogP contribution in [-0.2, 0) is 9.45 Å². The molecule has 2 heterocycles. The van der Waals surface area contributed by atoms with Crippen LogP contribution in [0.15, 0.2) is 18.3 Å². The third-order valence-corrected chi connectivity index (χ3v) is 3.83. The van der Waals surface area contributed by atoms with E-state index >= 15 is 0 Å². The average Bonchev–Trinajstić information content (AvgIpc) is 2.54. The first-order chi connectivity index (χ1) is 11.7. The molecule has 25 heavy (non-hydrogen) atoms. The van der Waals surface area contributed by atoms with Crippen LogP contribution in [-0.4, -0.2) is 66.9 Å². The lowest BCUT2D eigenvalue weighted by atomic mass is 9.81. The van der Waals surface area contributed by atoms with Gasteiger partial charge in [0.25, 0.3) is 0 Å². The zero-order valence-electron chi connectivity index (χ0n) is 14.2. The lowest BCUT2D eigenvalue weighted by Crippen LogP contribution is -2.48. The van der Waals surface area contributed by atoms with Gasteiger partial charge in [-0.05, 0) is 12.0 Å². The van der Waals surface area contributed by atoms with Crippen molar-refractivity contribution < 1.29 is 27.6 Å². The highest BCUT2D eigenvalue weighted by Crippen LogP contribution is 2.17. The van der Waals surface area contributed by atoms with Crippen molar-refractivity contribution in [2.75, 3.05) is 37.6 Å². The lowest BCUT2D eigenvalue weighted by molar-refractivity contribution is -0.190. The van der Waals surface area contributed by atoms with E-state index in [4.69, 9.17) is 0 Å². The monoisotopic (exact) mass is 359 g/mol. The van der Waals surface area contributed by atoms with Gasteiger partial charge >= 0.3 is 19.3 Å². The summed E-state index contributed by atoms with van der Waals surface area (Å²) in [4.78, 5) is 19.3. The number of rotatable bonds is 5. The van der Waals surface area contributed by atoms with E-state index in [0.717, 1.165) is 32.7 Å². The maximum absolute atomic E-state index is 12.1. The van der Waals surface area contributed by atoms with E-state index in [1.165, 1.54) is 12.3 Å². The third-order valence-electron chi connectivity index (χ3n) is 3.83. The Bertz CT molecular complexity index is 576. The Labute approximate surface area is 144 Å². The fraction of sp³-hybridized carbons (Fsp3) is 0.600. The number of halogens is 3. The molecule has 0 atom stereocenters. The molecular formula is C15H21BF3N3O3. The Morgan fingerprint density at radius 2 is 1.96 bits per heavy atom. The number of anilines is 1. The molecule has 1 N–H and O–H groups in total. The predicted octanol–water partition coefficient (Wildman–Crippen LogP) is 0.653. The minimum absolute atomic E-state index is 0.0141. The molecule has 0 aromatic carbocycles. The average molecular weight is 359 g/mol. The van der Waals surface area contributed by atoms with E-state index in [1.54, 1.807) is 6.07 Å². The van der Waals surface area contributed by atoms with Gasteiger partial charge in [0.15, 0.2) is 0 Å². The van der Waals surface area contributed by atoms with Gasteiger partial charge in [0.2, 0.25) is 0 Å². The molecule has 0 aliphatic carbocycles. The van der Waals surface area contributed by atoms with Crippen molar-refractivity contribution in [1.29, 1.82) is 0 Å². The van der Waals surface area contributed by atoms with Gasteiger partial charge < -0.3 is 14.6 Å². The molecule has 1 aromatic rings. The SMILES string of the molecule is CC(C)CN1CCN(c2ccc(B(O)OC(=O)C(F)(F)F)cn2)CC1. The van der Waals surface area contributed by atoms with Crippen molar-refractivity contribution in [3.8, 4) is 0 Å². The Kier molecular flexibility index (Phi) is 6.28. The first kappa shape index (κ1) is 19.5. The summed E-state index contributed by atoms with van der Waals surface area (Å²) >= 11 is 0. The molecule has 0 spiro atoms. The Hall–Kier alpha value is -1.81. The quantitative estimate of drug-likeness (QED) is 0.779. The van der Waals surface area contributed by atoms with Gasteiger partial charge in [-0.2, -0.15) is 13.2 Å². The Balaban J connectivity index is 1.91. The summed E-state index contributed by atoms with van der Waals surface area (Å²) in [5.41, 5.74) is -0.0141. The smallest absolute Gasteiger partial charge is 0.499 e. The van der Waals surface area contributed by atoms with Crippen LogP contribution in [0.5, 0.6) is 0 Å². The second-order valence-corrected chi connectivity index (χ2v) is 6.39. The summed E-state index contributed by atoms with van der Waals surface area (Å²) in [7, 11) is -2.00. The standard InChI is InChI=1S/C15H21BF3N3O3/c1-11(2)10-21-5-7-22(8-6-21)13-4-3-12(9-20-13)16(24)25-14(23)15(17,18)19/h3-4,9,11,24H,5-8,10H2,1-2H3. The van der Waals surface area contributed by atoms with E-state index in [0.29, 0.717) is 11.7 Å². The number of hydrogen-bond acceptors (Lipinski definition) is 6. The van der Waals surface area contributed by atoms with Gasteiger partial charge in [0.1, 0.15) is 5.82 Å². The number of alkyl halides is 3. The highest BCUT2D eigenvalue weighted by atomic mass is 19.4. The van der Waals surface area contributed by atoms with Crippen LogP contribution < -0.4 is 10.4 Å². The number of nitrogens with zero attached hydrogens (tertiary/aromatic N) is 3. The molecule has 0 unspecified atom stereocenters. The highest BCUT2D eigenvalue weighted by molar-refractivity contribution is 6.61. The van der Waals surface area contributed by atoms with E-state index in [1.807, 2.05) is 0 Å². The molecule has 1 saturated heterocycles. The van der Waals surface area contributed by atoms with E-state index in [9.17, 15) is 23.0 Å². The Morgan fingerprint density at radius 3 is 2.44 bits per heavy atom. The van der Waals surface area contributed by atoms with E-state index < -0.39 is 19.3 Å². The highest BCUT2D eigenvalue weighted by Gasteiger charge is 2.43. The summed E-state index contributed by atoms with van der Waals surface area (Å²) in [5.74, 6) is -1.17. The molecule has 0 bridgehead atoms. The summed E-state index contributed by atoms with van der Waals surface area (Å²) in [6.45, 7) is 8.79. The van der Waals surface area contributed by atoms with Crippen molar-refractivity contribution in [3.63, 3.8) is 0 Å². The molecule has 2 rings (SSSR count). The zero-order valence-corrected chi connectivity index (χ0v) is 14.2. The number of aromatic nitrogens is 1. The number of carbonyl (C=O) groups is 1. The van der Waals surface area contributed by atoms with Crippen LogP contribution in [0.1, 0.15) is 13.8 Å². The summed E-state index contributed by atoms with van der Waals surface area (Å²) in [5, 5.41) is 9.57. The van der Waals surface area contributed by atoms with Gasteiger partial charge in [-0.3, -0.25) is 4.90 Å². The molecule has 1 aliphatic heterocycles. The van der Waals surface area contributed by atoms with Crippen molar-refractivity contribution in [2.45, 2.75) is 20.0 Å². The molecule has 0 radical (unpaired) electrons. The maximum Gasteiger partial charge on any atom is 0.563 e. The summed E-state index contributed by atoms with van der Waals surface area (Å²) in [6, 6.07) is 3.00. The largest absolute Gasteiger partial charge is 0.563 e. The van der Waals surface area contributed by atoms with Gasteiger partial charge in [0.05, 0.1) is 0 Å². The molecule has 138 valence electrons. The van der Waals surface area contributed by atoms with Crippen LogP contribution in [0.4, 0.5) is 19.0 Å². The second-order valence-electron chi connectivity index (χ2n) is 6.39. The molecule has 1 aromatic heterocycles. The van der Waals surface area contributed by atoms with Crippen LogP contribution in [0.3, 0.4) is 0 Å². The van der Waals surface area contributed by atoms with E-state index in [2.05, 4.69) is 33.3 Å². The van der Waals surface area contributed by atoms with Crippen LogP contribution >= 0.6 is 0 Å². The summed E-state index contributed by atoms with van der Waals surface area (Å²) in [6.07, 6.45) is -3.94. The number of pyridine rings is 1. The number of piperazine rings is 1. The van der Waals surface area contributed by atoms with Gasteiger partial charge in [-0.25, -0.2) is 9.78 Å². The number of hydrogen-bond donors (Lipinski definition) is 1. The minimum atomic E-state index is -5.15. The van der Waals surface area contributed by atoms with Gasteiger partial charge in [0, 0.05) is 44.4 Å². The van der Waals surface area contributed by atoms with Crippen molar-refractivity contribution in [2.24, 2.45) is 5.92 Å². The fourth-order valence-corrected chi connectivity index (χ4v) is 2.64. The van der Waals surface area contributed by atoms with Gasteiger partial charge in [-0.15, -0.1) is 0 Å². The second kappa shape index (κ2) is 8.05. The van der Waals surface area contributed by atoms with Gasteiger partial charge in [-0.1, -0.05) is 19.9 Å². The van der Waals surface area contributed by atoms with Crippen LogP contribution in [0.25, 0.3) is 0 Å². The first-order valence-corrected chi connectivity index (χ1v) is 8.06. The summed E-state index contributed by atoms with van der Waals surface area (Å²) < 4.78 is 40.4. The molecule has 1 fully saturated rings. The molecule has 10 heteroatoms. The first-order valence-electron chi connectivity index (χ1n) is 8.06. The fourth-order valence-electron chi connectivity index (χ4n) is 2.64. The molecule has 1 aliphatic rings. The number of carbonyl (C=O) groups excluding carboxylic acids is 1. The third kappa shape index (κ3) is 5.60. The lowest BCUT2D eigenvalue weighted by Gasteiger charge is -2.36. The molecule has 6 nitrogen and oxygen atoms in total.